The van der Waals surface area contributed by atoms with Gasteiger partial charge in [0.15, 0.2) is 0 Å². The van der Waals surface area contributed by atoms with Crippen LogP contribution in [0.5, 0.6) is 5.75 Å². The Kier molecular flexibility index (Phi) is 2.65. The molecule has 2 N–H and O–H groups in total. The Bertz CT molecular complexity index is 457. The van der Waals surface area contributed by atoms with Crippen molar-refractivity contribution in [1.82, 2.24) is 0 Å². The fourth-order valence-corrected chi connectivity index (χ4v) is 2.20. The molecule has 2 aromatic rings. The molecule has 72 valence electrons. The van der Waals surface area contributed by atoms with Crippen LogP contribution in [0.25, 0.3) is 10.1 Å². The van der Waals surface area contributed by atoms with Crippen molar-refractivity contribution in [3.05, 3.63) is 28.6 Å². The lowest BCUT2D eigenvalue weighted by Crippen LogP contribution is -2.20. The normalized spacial score (nSPS) is 10.5. The van der Waals surface area contributed by atoms with E-state index in [0.29, 0.717) is 10.8 Å². The molecule has 0 spiro atoms. The third kappa shape index (κ3) is 1.86. The second-order valence-electron chi connectivity index (χ2n) is 2.68. The third-order valence-corrected chi connectivity index (χ3v) is 2.91. The molecule has 1 aromatic heterocycles. The van der Waals surface area contributed by atoms with Gasteiger partial charge in [-0.1, -0.05) is 11.6 Å². The van der Waals surface area contributed by atoms with Gasteiger partial charge in [-0.2, -0.15) is 0 Å². The van der Waals surface area contributed by atoms with Gasteiger partial charge in [-0.3, -0.25) is 0 Å². The van der Waals surface area contributed by atoms with Gasteiger partial charge in [-0.05, 0) is 18.2 Å². The number of benzene rings is 1. The van der Waals surface area contributed by atoms with E-state index in [9.17, 15) is 0 Å². The SMILES string of the molecule is OB(O)Oc1csc2ccc(Cl)cc12. The number of halogens is 1. The maximum absolute atomic E-state index is 8.66. The Hall–Kier alpha value is -0.745. The molecule has 0 saturated heterocycles. The summed E-state index contributed by atoms with van der Waals surface area (Å²) in [7, 11) is -1.80. The summed E-state index contributed by atoms with van der Waals surface area (Å²) in [4.78, 5) is 0. The van der Waals surface area contributed by atoms with E-state index in [4.69, 9.17) is 26.3 Å². The summed E-state index contributed by atoms with van der Waals surface area (Å²) >= 11 is 7.27. The van der Waals surface area contributed by atoms with Gasteiger partial charge in [0.1, 0.15) is 5.75 Å². The van der Waals surface area contributed by atoms with E-state index < -0.39 is 7.32 Å². The highest BCUT2D eigenvalue weighted by atomic mass is 35.5. The van der Waals surface area contributed by atoms with Crippen molar-refractivity contribution in [2.45, 2.75) is 0 Å². The van der Waals surface area contributed by atoms with Crippen molar-refractivity contribution >= 4 is 40.3 Å². The number of rotatable bonds is 2. The molecule has 0 radical (unpaired) electrons. The molecule has 0 atom stereocenters. The van der Waals surface area contributed by atoms with Gasteiger partial charge in [0, 0.05) is 20.5 Å². The first-order valence-electron chi connectivity index (χ1n) is 3.86. The zero-order valence-corrected chi connectivity index (χ0v) is 8.55. The first-order valence-corrected chi connectivity index (χ1v) is 5.12. The van der Waals surface area contributed by atoms with Gasteiger partial charge in [0.2, 0.25) is 0 Å². The fourth-order valence-electron chi connectivity index (χ4n) is 1.18. The van der Waals surface area contributed by atoms with Crippen LogP contribution in [-0.4, -0.2) is 17.4 Å². The van der Waals surface area contributed by atoms with Crippen LogP contribution in [0.3, 0.4) is 0 Å². The van der Waals surface area contributed by atoms with Gasteiger partial charge in [-0.15, -0.1) is 11.3 Å². The van der Waals surface area contributed by atoms with Crippen molar-refractivity contribution in [2.24, 2.45) is 0 Å². The number of thiophene rings is 1. The minimum absolute atomic E-state index is 0.433. The Morgan fingerprint density at radius 2 is 2.14 bits per heavy atom. The minimum atomic E-state index is -1.80. The van der Waals surface area contributed by atoms with E-state index in [1.54, 1.807) is 17.5 Å². The first kappa shape index (κ1) is 9.80. The molecular formula is C8H6BClO3S. The molecule has 6 heteroatoms. The quantitative estimate of drug-likeness (QED) is 0.772. The highest BCUT2D eigenvalue weighted by Crippen LogP contribution is 2.33. The van der Waals surface area contributed by atoms with E-state index in [-0.39, 0.29) is 0 Å². The first-order chi connectivity index (χ1) is 6.66. The van der Waals surface area contributed by atoms with Crippen LogP contribution in [-0.2, 0) is 0 Å². The van der Waals surface area contributed by atoms with Crippen molar-refractivity contribution in [1.29, 1.82) is 0 Å². The molecule has 0 aliphatic carbocycles. The van der Waals surface area contributed by atoms with Crippen LogP contribution in [0, 0.1) is 0 Å². The molecule has 0 bridgehead atoms. The van der Waals surface area contributed by atoms with Crippen LogP contribution >= 0.6 is 22.9 Å². The molecule has 2 rings (SSSR count). The van der Waals surface area contributed by atoms with Gasteiger partial charge in [-0.25, -0.2) is 0 Å². The standard InChI is InChI=1S/C8H6BClO3S/c10-5-1-2-8-6(3-5)7(4-14-8)13-9(11)12/h1-4,11-12H. The summed E-state index contributed by atoms with van der Waals surface area (Å²) in [5.74, 6) is 0.433. The van der Waals surface area contributed by atoms with Gasteiger partial charge < -0.3 is 14.7 Å². The van der Waals surface area contributed by atoms with Crippen LogP contribution in [0.4, 0.5) is 0 Å². The maximum Gasteiger partial charge on any atom is 0.707 e. The molecule has 3 nitrogen and oxygen atoms in total. The summed E-state index contributed by atoms with van der Waals surface area (Å²) in [5, 5.41) is 20.4. The third-order valence-electron chi connectivity index (χ3n) is 1.73. The molecule has 0 fully saturated rings. The highest BCUT2D eigenvalue weighted by molar-refractivity contribution is 7.17. The second-order valence-corrected chi connectivity index (χ2v) is 4.03. The Morgan fingerprint density at radius 3 is 2.86 bits per heavy atom. The molecule has 1 heterocycles. The van der Waals surface area contributed by atoms with E-state index in [0.717, 1.165) is 10.1 Å². The topological polar surface area (TPSA) is 49.7 Å². The van der Waals surface area contributed by atoms with E-state index in [1.807, 2.05) is 6.07 Å². The Morgan fingerprint density at radius 1 is 1.36 bits per heavy atom. The lowest BCUT2D eigenvalue weighted by atomic mass is 10.2. The molecular weight excluding hydrogens is 222 g/mol. The predicted octanol–water partition coefficient (Wildman–Crippen LogP) is 1.90. The summed E-state index contributed by atoms with van der Waals surface area (Å²) in [6.45, 7) is 0. The molecule has 0 unspecified atom stereocenters. The Balaban J connectivity index is 2.50. The van der Waals surface area contributed by atoms with Gasteiger partial charge in [0.25, 0.3) is 0 Å². The van der Waals surface area contributed by atoms with Crippen molar-refractivity contribution in [3.8, 4) is 5.75 Å². The molecule has 0 saturated carbocycles. The lowest BCUT2D eigenvalue weighted by molar-refractivity contribution is 0.290. The average molecular weight is 228 g/mol. The molecule has 14 heavy (non-hydrogen) atoms. The minimum Gasteiger partial charge on any atom is -0.511 e. The fraction of sp³-hybridized carbons (Fsp3) is 0. The highest BCUT2D eigenvalue weighted by Gasteiger charge is 2.14. The zero-order chi connectivity index (χ0) is 10.1. The number of hydrogen-bond donors (Lipinski definition) is 2. The van der Waals surface area contributed by atoms with Crippen LogP contribution in [0.1, 0.15) is 0 Å². The summed E-state index contributed by atoms with van der Waals surface area (Å²) in [5.41, 5.74) is 0. The summed E-state index contributed by atoms with van der Waals surface area (Å²) < 4.78 is 5.78. The molecule has 1 aromatic carbocycles. The number of hydrogen-bond acceptors (Lipinski definition) is 4. The monoisotopic (exact) mass is 228 g/mol. The molecule has 0 aliphatic rings. The van der Waals surface area contributed by atoms with Crippen molar-refractivity contribution < 1.29 is 14.7 Å². The smallest absolute Gasteiger partial charge is 0.511 e. The Labute approximate surface area is 89.7 Å². The van der Waals surface area contributed by atoms with Crippen molar-refractivity contribution in [3.63, 3.8) is 0 Å². The molecule has 0 amide bonds. The summed E-state index contributed by atoms with van der Waals surface area (Å²) in [6, 6.07) is 5.36. The largest absolute Gasteiger partial charge is 0.707 e. The van der Waals surface area contributed by atoms with Crippen molar-refractivity contribution in [2.75, 3.05) is 0 Å². The second kappa shape index (κ2) is 3.78. The zero-order valence-electron chi connectivity index (χ0n) is 6.98. The van der Waals surface area contributed by atoms with Crippen LogP contribution in [0.15, 0.2) is 23.6 Å². The maximum atomic E-state index is 8.66. The van der Waals surface area contributed by atoms with Gasteiger partial charge >= 0.3 is 7.32 Å². The van der Waals surface area contributed by atoms with Gasteiger partial charge in [0.05, 0.1) is 0 Å². The average Bonchev–Trinajstić information content (AvgIpc) is 2.47. The molecule has 0 aliphatic heterocycles. The predicted molar refractivity (Wildman–Crippen MR) is 57.7 cm³/mol. The van der Waals surface area contributed by atoms with E-state index >= 15 is 0 Å². The van der Waals surface area contributed by atoms with Crippen LogP contribution in [0.2, 0.25) is 5.02 Å². The van der Waals surface area contributed by atoms with E-state index in [1.165, 1.54) is 11.3 Å². The number of fused-ring (bicyclic) bond motifs is 1. The van der Waals surface area contributed by atoms with E-state index in [2.05, 4.69) is 0 Å². The summed E-state index contributed by atoms with van der Waals surface area (Å²) in [6.07, 6.45) is 0. The van der Waals surface area contributed by atoms with Crippen LogP contribution < -0.4 is 4.65 Å². The lowest BCUT2D eigenvalue weighted by Gasteiger charge is -2.01.